The van der Waals surface area contributed by atoms with E-state index >= 15 is 0 Å². The number of nitrogens with one attached hydrogen (secondary N) is 1. The molecule has 0 spiro atoms. The Morgan fingerprint density at radius 3 is 2.50 bits per heavy atom. The van der Waals surface area contributed by atoms with Crippen molar-refractivity contribution in [1.82, 2.24) is 15.1 Å². The Labute approximate surface area is 133 Å². The lowest BCUT2D eigenvalue weighted by molar-refractivity contribution is -0.0949. The fourth-order valence-corrected chi connectivity index (χ4v) is 3.33. The van der Waals surface area contributed by atoms with Crippen LogP contribution in [0.5, 0.6) is 0 Å². The number of rotatable bonds is 3. The molecule has 128 valence electrons. The average molecular weight is 313 g/mol. The molecule has 2 rings (SSSR count). The number of ether oxygens (including phenoxy) is 1. The van der Waals surface area contributed by atoms with Crippen LogP contribution in [0.4, 0.5) is 4.79 Å². The molecule has 2 amide bonds. The summed E-state index contributed by atoms with van der Waals surface area (Å²) in [6.07, 6.45) is 1.72. The quantitative estimate of drug-likeness (QED) is 0.817. The summed E-state index contributed by atoms with van der Waals surface area (Å²) in [7, 11) is 0. The summed E-state index contributed by atoms with van der Waals surface area (Å²) in [5, 5.41) is 12.7. The van der Waals surface area contributed by atoms with Crippen molar-refractivity contribution in [3.63, 3.8) is 0 Å². The van der Waals surface area contributed by atoms with Crippen LogP contribution in [0.2, 0.25) is 0 Å². The van der Waals surface area contributed by atoms with Crippen LogP contribution in [0, 0.1) is 0 Å². The SMILES string of the molecule is C[C@@H]1CN(C(C)(C)CNC(=O)N2CCC[C@@H](O)C2)C[C@@H](C)O1. The maximum atomic E-state index is 12.3. The molecule has 0 unspecified atom stereocenters. The van der Waals surface area contributed by atoms with Gasteiger partial charge in [0.2, 0.25) is 0 Å². The molecule has 0 saturated carbocycles. The molecule has 0 aliphatic carbocycles. The van der Waals surface area contributed by atoms with E-state index in [9.17, 15) is 9.90 Å². The zero-order chi connectivity index (χ0) is 16.3. The minimum absolute atomic E-state index is 0.0684. The van der Waals surface area contributed by atoms with Crippen LogP contribution in [-0.4, -0.2) is 77.5 Å². The largest absolute Gasteiger partial charge is 0.391 e. The topological polar surface area (TPSA) is 65.0 Å². The predicted octanol–water partition coefficient (Wildman–Crippen LogP) is 1.04. The lowest BCUT2D eigenvalue weighted by atomic mass is 10.00. The van der Waals surface area contributed by atoms with Gasteiger partial charge in [0.15, 0.2) is 0 Å². The van der Waals surface area contributed by atoms with Gasteiger partial charge in [0.25, 0.3) is 0 Å². The highest BCUT2D eigenvalue weighted by atomic mass is 16.5. The summed E-state index contributed by atoms with van der Waals surface area (Å²) >= 11 is 0. The average Bonchev–Trinajstić information content (AvgIpc) is 2.44. The first kappa shape index (κ1) is 17.5. The number of β-amino-alcohol motifs (C(OH)–C–C–N with tert-alkyl or cyclic N) is 1. The van der Waals surface area contributed by atoms with E-state index in [2.05, 4.69) is 37.9 Å². The van der Waals surface area contributed by atoms with Gasteiger partial charge in [-0.15, -0.1) is 0 Å². The molecule has 3 atom stereocenters. The number of aliphatic hydroxyl groups is 1. The fraction of sp³-hybridized carbons (Fsp3) is 0.938. The molecule has 6 heteroatoms. The number of carbonyl (C=O) groups excluding carboxylic acids is 1. The molecule has 0 aromatic rings. The second-order valence-corrected chi connectivity index (χ2v) is 7.38. The van der Waals surface area contributed by atoms with Crippen molar-refractivity contribution in [2.24, 2.45) is 0 Å². The highest BCUT2D eigenvalue weighted by molar-refractivity contribution is 5.74. The minimum Gasteiger partial charge on any atom is -0.391 e. The second kappa shape index (κ2) is 7.15. The van der Waals surface area contributed by atoms with E-state index in [1.165, 1.54) is 0 Å². The number of hydrogen-bond donors (Lipinski definition) is 2. The van der Waals surface area contributed by atoms with E-state index < -0.39 is 0 Å². The van der Waals surface area contributed by atoms with E-state index in [1.807, 2.05) is 0 Å². The first-order valence-corrected chi connectivity index (χ1v) is 8.39. The third-order valence-corrected chi connectivity index (χ3v) is 4.63. The van der Waals surface area contributed by atoms with Crippen molar-refractivity contribution in [2.45, 2.75) is 64.4 Å². The summed E-state index contributed by atoms with van der Waals surface area (Å²) in [6, 6.07) is -0.0684. The van der Waals surface area contributed by atoms with Crippen LogP contribution in [0.15, 0.2) is 0 Å². The molecule has 2 aliphatic rings. The number of nitrogens with zero attached hydrogens (tertiary/aromatic N) is 2. The second-order valence-electron chi connectivity index (χ2n) is 7.38. The van der Waals surface area contributed by atoms with E-state index in [1.54, 1.807) is 4.90 Å². The maximum absolute atomic E-state index is 12.3. The van der Waals surface area contributed by atoms with E-state index in [4.69, 9.17) is 4.74 Å². The number of likely N-dealkylation sites (tertiary alicyclic amines) is 1. The summed E-state index contributed by atoms with van der Waals surface area (Å²) in [6.45, 7) is 12.0. The van der Waals surface area contributed by atoms with Gasteiger partial charge in [-0.3, -0.25) is 4.90 Å². The summed E-state index contributed by atoms with van der Waals surface area (Å²) in [5.74, 6) is 0. The number of aliphatic hydroxyl groups excluding tert-OH is 1. The van der Waals surface area contributed by atoms with Gasteiger partial charge in [-0.2, -0.15) is 0 Å². The fourth-order valence-electron chi connectivity index (χ4n) is 3.33. The van der Waals surface area contributed by atoms with Gasteiger partial charge >= 0.3 is 6.03 Å². The molecule has 2 N–H and O–H groups in total. The zero-order valence-corrected chi connectivity index (χ0v) is 14.3. The summed E-state index contributed by atoms with van der Waals surface area (Å²) in [5.41, 5.74) is -0.115. The maximum Gasteiger partial charge on any atom is 0.317 e. The Bertz CT molecular complexity index is 379. The molecule has 2 aliphatic heterocycles. The molecule has 0 aromatic carbocycles. The zero-order valence-electron chi connectivity index (χ0n) is 14.3. The monoisotopic (exact) mass is 313 g/mol. The number of amides is 2. The highest BCUT2D eigenvalue weighted by Gasteiger charge is 2.34. The van der Waals surface area contributed by atoms with Crippen molar-refractivity contribution in [1.29, 1.82) is 0 Å². The lowest BCUT2D eigenvalue weighted by Gasteiger charge is -2.45. The Morgan fingerprint density at radius 2 is 1.91 bits per heavy atom. The molecule has 22 heavy (non-hydrogen) atoms. The number of urea groups is 1. The van der Waals surface area contributed by atoms with Crippen LogP contribution in [0.25, 0.3) is 0 Å². The highest BCUT2D eigenvalue weighted by Crippen LogP contribution is 2.21. The molecule has 0 aromatic heterocycles. The number of carbonyl (C=O) groups is 1. The van der Waals surface area contributed by atoms with Crippen molar-refractivity contribution >= 4 is 6.03 Å². The van der Waals surface area contributed by atoms with Gasteiger partial charge in [-0.05, 0) is 40.5 Å². The first-order valence-electron chi connectivity index (χ1n) is 8.39. The molecule has 2 heterocycles. The number of piperidine rings is 1. The Morgan fingerprint density at radius 1 is 1.27 bits per heavy atom. The van der Waals surface area contributed by atoms with Gasteiger partial charge in [0, 0.05) is 38.3 Å². The molecular formula is C16H31N3O3. The molecule has 6 nitrogen and oxygen atoms in total. The van der Waals surface area contributed by atoms with Crippen molar-refractivity contribution in [3.05, 3.63) is 0 Å². The number of morpholine rings is 1. The Hall–Kier alpha value is -0.850. The van der Waals surface area contributed by atoms with Crippen LogP contribution in [-0.2, 0) is 4.74 Å². The van der Waals surface area contributed by atoms with Gasteiger partial charge in [0.1, 0.15) is 0 Å². The first-order chi connectivity index (χ1) is 10.3. The van der Waals surface area contributed by atoms with Gasteiger partial charge in [-0.25, -0.2) is 4.79 Å². The van der Waals surface area contributed by atoms with Gasteiger partial charge in [-0.1, -0.05) is 0 Å². The van der Waals surface area contributed by atoms with Gasteiger partial charge < -0.3 is 20.1 Å². The smallest absolute Gasteiger partial charge is 0.317 e. The summed E-state index contributed by atoms with van der Waals surface area (Å²) < 4.78 is 5.78. The van der Waals surface area contributed by atoms with Crippen molar-refractivity contribution < 1.29 is 14.6 Å². The van der Waals surface area contributed by atoms with Crippen LogP contribution in [0.3, 0.4) is 0 Å². The standard InChI is InChI=1S/C16H31N3O3/c1-12-8-19(9-13(2)22-12)16(3,4)11-17-15(21)18-7-5-6-14(20)10-18/h12-14,20H,5-11H2,1-4H3,(H,17,21)/t12-,13-,14-/m1/s1. The molecule has 2 saturated heterocycles. The predicted molar refractivity (Wildman–Crippen MR) is 85.9 cm³/mol. The molecule has 2 fully saturated rings. The van der Waals surface area contributed by atoms with Crippen molar-refractivity contribution in [3.8, 4) is 0 Å². The Balaban J connectivity index is 1.84. The van der Waals surface area contributed by atoms with E-state index in [0.29, 0.717) is 13.1 Å². The summed E-state index contributed by atoms with van der Waals surface area (Å²) in [4.78, 5) is 16.4. The van der Waals surface area contributed by atoms with Gasteiger partial charge in [0.05, 0.1) is 18.3 Å². The molecule has 0 bridgehead atoms. The molecular weight excluding hydrogens is 282 g/mol. The Kier molecular flexibility index (Phi) is 5.69. The van der Waals surface area contributed by atoms with E-state index in [0.717, 1.165) is 32.5 Å². The van der Waals surface area contributed by atoms with Crippen molar-refractivity contribution in [2.75, 3.05) is 32.7 Å². The minimum atomic E-state index is -0.381. The van der Waals surface area contributed by atoms with E-state index in [-0.39, 0.29) is 29.9 Å². The van der Waals surface area contributed by atoms with Crippen LogP contribution in [0.1, 0.15) is 40.5 Å². The third kappa shape index (κ3) is 4.57. The van der Waals surface area contributed by atoms with Crippen LogP contribution >= 0.6 is 0 Å². The molecule has 0 radical (unpaired) electrons. The third-order valence-electron chi connectivity index (χ3n) is 4.63. The lowest BCUT2D eigenvalue weighted by Crippen LogP contribution is -2.59. The number of hydrogen-bond acceptors (Lipinski definition) is 4. The normalized spacial score (nSPS) is 31.1. The van der Waals surface area contributed by atoms with Crippen LogP contribution < -0.4 is 5.32 Å².